The molecule has 0 radical (unpaired) electrons. The standard InChI is InChI=1S/C16H26N6O6/c1-2-28-16(27)21-8-6-20(7-9-21)15(26)22-11(13(24)25)10(12(22)23)4-3-5-19-14(17)18/h10-11H,2-9H2,1H3,(H,24,25)(H4,17,18,19)/t10-,11?/m1/s1. The van der Waals surface area contributed by atoms with Gasteiger partial charge >= 0.3 is 18.1 Å². The first-order chi connectivity index (χ1) is 13.3. The van der Waals surface area contributed by atoms with Crippen LogP contribution >= 0.6 is 0 Å². The molecule has 12 heteroatoms. The Kier molecular flexibility index (Phi) is 7.01. The first-order valence-corrected chi connectivity index (χ1v) is 9.09. The Hall–Kier alpha value is -3.05. The number of hydrogen-bond acceptors (Lipinski definition) is 6. The van der Waals surface area contributed by atoms with Crippen molar-refractivity contribution >= 4 is 30.0 Å². The monoisotopic (exact) mass is 398 g/mol. The highest BCUT2D eigenvalue weighted by atomic mass is 16.6. The lowest BCUT2D eigenvalue weighted by Crippen LogP contribution is -2.69. The minimum absolute atomic E-state index is 0.0755. The normalized spacial score (nSPS) is 21.8. The lowest BCUT2D eigenvalue weighted by atomic mass is 9.84. The summed E-state index contributed by atoms with van der Waals surface area (Å²) in [5.74, 6) is -2.61. The summed E-state index contributed by atoms with van der Waals surface area (Å²) < 4.78 is 4.91. The highest BCUT2D eigenvalue weighted by Gasteiger charge is 2.55. The number of likely N-dealkylation sites (tertiary alicyclic amines) is 1. The van der Waals surface area contributed by atoms with E-state index in [1.54, 1.807) is 6.92 Å². The molecule has 0 saturated carbocycles. The fraction of sp³-hybridized carbons (Fsp3) is 0.688. The molecule has 12 nitrogen and oxygen atoms in total. The van der Waals surface area contributed by atoms with Crippen LogP contribution in [0.25, 0.3) is 0 Å². The van der Waals surface area contributed by atoms with Gasteiger partial charge in [-0.15, -0.1) is 0 Å². The molecule has 2 aliphatic heterocycles. The number of imide groups is 1. The molecule has 0 aromatic carbocycles. The Morgan fingerprint density at radius 3 is 2.32 bits per heavy atom. The molecule has 0 aliphatic carbocycles. The van der Waals surface area contributed by atoms with Gasteiger partial charge in [0.25, 0.3) is 0 Å². The molecule has 2 fully saturated rings. The number of guanidine groups is 1. The summed E-state index contributed by atoms with van der Waals surface area (Å²) in [5, 5.41) is 9.46. The summed E-state index contributed by atoms with van der Waals surface area (Å²) in [4.78, 5) is 55.8. The molecule has 28 heavy (non-hydrogen) atoms. The van der Waals surface area contributed by atoms with E-state index in [0.29, 0.717) is 6.42 Å². The number of urea groups is 1. The second-order valence-corrected chi connectivity index (χ2v) is 6.50. The van der Waals surface area contributed by atoms with E-state index < -0.39 is 36.0 Å². The average molecular weight is 398 g/mol. The lowest BCUT2D eigenvalue weighted by Gasteiger charge is -2.46. The Morgan fingerprint density at radius 2 is 1.79 bits per heavy atom. The number of carbonyl (C=O) groups excluding carboxylic acids is 3. The number of β-lactam (4-membered cyclic amide) rings is 1. The Labute approximate surface area is 162 Å². The van der Waals surface area contributed by atoms with Crippen LogP contribution in [0.2, 0.25) is 0 Å². The van der Waals surface area contributed by atoms with Gasteiger partial charge in [0.2, 0.25) is 5.91 Å². The maximum atomic E-state index is 12.7. The van der Waals surface area contributed by atoms with Crippen LogP contribution < -0.4 is 11.5 Å². The van der Waals surface area contributed by atoms with Gasteiger partial charge in [-0.1, -0.05) is 0 Å². The molecular weight excluding hydrogens is 372 g/mol. The van der Waals surface area contributed by atoms with Crippen molar-refractivity contribution < 1.29 is 29.0 Å². The molecule has 2 rings (SSSR count). The van der Waals surface area contributed by atoms with Gasteiger partial charge in [-0.2, -0.15) is 0 Å². The number of aliphatic carboxylic acids is 1. The topological polar surface area (TPSA) is 172 Å². The number of aliphatic imine (C=N–C) groups is 1. The number of rotatable bonds is 6. The zero-order valence-electron chi connectivity index (χ0n) is 15.7. The quantitative estimate of drug-likeness (QED) is 0.218. The summed E-state index contributed by atoms with van der Waals surface area (Å²) in [6.45, 7) is 3.14. The molecule has 0 aromatic heterocycles. The molecular formula is C16H26N6O6. The van der Waals surface area contributed by atoms with Crippen LogP contribution in [0, 0.1) is 5.92 Å². The van der Waals surface area contributed by atoms with Crippen LogP contribution in [0.3, 0.4) is 0 Å². The summed E-state index contributed by atoms with van der Waals surface area (Å²) in [7, 11) is 0. The van der Waals surface area contributed by atoms with E-state index in [0.717, 1.165) is 4.90 Å². The molecule has 5 N–H and O–H groups in total. The number of carboxylic acid groups (broad SMARTS) is 1. The molecule has 2 aliphatic rings. The van der Waals surface area contributed by atoms with Crippen LogP contribution in [0.1, 0.15) is 19.8 Å². The number of nitrogens with zero attached hydrogens (tertiary/aromatic N) is 4. The van der Waals surface area contributed by atoms with Crippen molar-refractivity contribution in [2.75, 3.05) is 39.3 Å². The third kappa shape index (κ3) is 4.61. The molecule has 0 bridgehead atoms. The van der Waals surface area contributed by atoms with Crippen molar-refractivity contribution in [1.82, 2.24) is 14.7 Å². The second kappa shape index (κ2) is 9.24. The van der Waals surface area contributed by atoms with Crippen LogP contribution in [0.5, 0.6) is 0 Å². The minimum atomic E-state index is -1.23. The molecule has 1 unspecified atom stereocenters. The molecule has 0 spiro atoms. The first kappa shape index (κ1) is 21.3. The van der Waals surface area contributed by atoms with Crippen molar-refractivity contribution in [1.29, 1.82) is 0 Å². The van der Waals surface area contributed by atoms with Crippen LogP contribution in [0.15, 0.2) is 4.99 Å². The minimum Gasteiger partial charge on any atom is -0.480 e. The molecule has 2 heterocycles. The van der Waals surface area contributed by atoms with E-state index in [4.69, 9.17) is 16.2 Å². The number of ether oxygens (including phenoxy) is 1. The third-order valence-corrected chi connectivity index (χ3v) is 4.72. The van der Waals surface area contributed by atoms with E-state index >= 15 is 0 Å². The van der Waals surface area contributed by atoms with E-state index in [1.807, 2.05) is 0 Å². The summed E-state index contributed by atoms with van der Waals surface area (Å²) in [6.07, 6.45) is 0.240. The van der Waals surface area contributed by atoms with Crippen LogP contribution in [-0.2, 0) is 14.3 Å². The highest BCUT2D eigenvalue weighted by Crippen LogP contribution is 2.32. The van der Waals surface area contributed by atoms with Crippen molar-refractivity contribution in [3.05, 3.63) is 0 Å². The van der Waals surface area contributed by atoms with Gasteiger partial charge in [-0.25, -0.2) is 19.3 Å². The van der Waals surface area contributed by atoms with Gasteiger partial charge < -0.3 is 31.1 Å². The molecule has 2 atom stereocenters. The molecule has 2 saturated heterocycles. The lowest BCUT2D eigenvalue weighted by molar-refractivity contribution is -0.167. The van der Waals surface area contributed by atoms with Gasteiger partial charge in [-0.05, 0) is 19.8 Å². The predicted molar refractivity (Wildman–Crippen MR) is 97.2 cm³/mol. The van der Waals surface area contributed by atoms with Gasteiger partial charge in [0, 0.05) is 32.7 Å². The maximum Gasteiger partial charge on any atom is 0.409 e. The van der Waals surface area contributed by atoms with E-state index in [9.17, 15) is 24.3 Å². The average Bonchev–Trinajstić information content (AvgIpc) is 2.65. The van der Waals surface area contributed by atoms with Crippen molar-refractivity contribution in [3.8, 4) is 0 Å². The number of carboxylic acids is 1. The van der Waals surface area contributed by atoms with Gasteiger partial charge in [0.15, 0.2) is 12.0 Å². The fourth-order valence-electron chi connectivity index (χ4n) is 3.29. The van der Waals surface area contributed by atoms with E-state index in [2.05, 4.69) is 4.99 Å². The van der Waals surface area contributed by atoms with Gasteiger partial charge in [0.1, 0.15) is 0 Å². The molecule has 156 valence electrons. The Morgan fingerprint density at radius 1 is 1.18 bits per heavy atom. The van der Waals surface area contributed by atoms with Crippen LogP contribution in [0.4, 0.5) is 9.59 Å². The van der Waals surface area contributed by atoms with E-state index in [1.165, 1.54) is 9.80 Å². The highest BCUT2D eigenvalue weighted by molar-refractivity contribution is 6.07. The van der Waals surface area contributed by atoms with Gasteiger partial charge in [-0.3, -0.25) is 9.79 Å². The van der Waals surface area contributed by atoms with Crippen molar-refractivity contribution in [2.24, 2.45) is 22.4 Å². The Balaban J connectivity index is 1.92. The number of amides is 4. The zero-order valence-corrected chi connectivity index (χ0v) is 15.7. The summed E-state index contributed by atoms with van der Waals surface area (Å²) in [5.41, 5.74) is 10.4. The number of piperazine rings is 1. The van der Waals surface area contributed by atoms with E-state index in [-0.39, 0.29) is 51.7 Å². The first-order valence-electron chi connectivity index (χ1n) is 9.09. The predicted octanol–water partition coefficient (Wildman–Crippen LogP) is -1.15. The third-order valence-electron chi connectivity index (χ3n) is 4.72. The van der Waals surface area contributed by atoms with Crippen molar-refractivity contribution in [3.63, 3.8) is 0 Å². The van der Waals surface area contributed by atoms with Crippen molar-refractivity contribution in [2.45, 2.75) is 25.8 Å². The summed E-state index contributed by atoms with van der Waals surface area (Å²) >= 11 is 0. The van der Waals surface area contributed by atoms with Gasteiger partial charge in [0.05, 0.1) is 12.5 Å². The second-order valence-electron chi connectivity index (χ2n) is 6.50. The maximum absolute atomic E-state index is 12.7. The number of hydrogen-bond donors (Lipinski definition) is 3. The smallest absolute Gasteiger partial charge is 0.409 e. The largest absolute Gasteiger partial charge is 0.480 e. The number of carbonyl (C=O) groups is 4. The number of nitrogens with two attached hydrogens (primary N) is 2. The fourth-order valence-corrected chi connectivity index (χ4v) is 3.29. The zero-order chi connectivity index (χ0) is 20.8. The summed E-state index contributed by atoms with van der Waals surface area (Å²) in [6, 6.07) is -1.86. The Bertz CT molecular complexity index is 656. The molecule has 0 aromatic rings. The van der Waals surface area contributed by atoms with Crippen LogP contribution in [-0.4, -0.2) is 95.1 Å². The SMILES string of the molecule is CCOC(=O)N1CCN(C(=O)N2C(=O)[C@H](CCCN=C(N)N)C2C(=O)O)CC1. The molecule has 4 amide bonds.